The highest BCUT2D eigenvalue weighted by molar-refractivity contribution is 6.34. The average molecular weight is 268 g/mol. The van der Waals surface area contributed by atoms with E-state index in [9.17, 15) is 0 Å². The lowest BCUT2D eigenvalue weighted by Crippen LogP contribution is -2.02. The number of pyridine rings is 1. The van der Waals surface area contributed by atoms with E-state index in [-0.39, 0.29) is 0 Å². The number of hydrogen-bond acceptors (Lipinski definition) is 3. The second-order valence-corrected chi connectivity index (χ2v) is 4.27. The molecular formula is C12H11Cl2N3. The van der Waals surface area contributed by atoms with Crippen molar-refractivity contribution >= 4 is 23.2 Å². The van der Waals surface area contributed by atoms with E-state index >= 15 is 0 Å². The molecule has 2 aromatic rings. The molecule has 0 bridgehead atoms. The van der Waals surface area contributed by atoms with E-state index in [4.69, 9.17) is 23.2 Å². The number of halogens is 2. The zero-order chi connectivity index (χ0) is 12.3. The largest absolute Gasteiger partial charge is 0.261 e. The van der Waals surface area contributed by atoms with Crippen LogP contribution in [0.15, 0.2) is 24.4 Å². The van der Waals surface area contributed by atoms with Crippen molar-refractivity contribution in [1.29, 1.82) is 0 Å². The fraction of sp³-hybridized carbons (Fsp3) is 0.250. The summed E-state index contributed by atoms with van der Waals surface area (Å²) in [6, 6.07) is 5.70. The molecule has 0 unspecified atom stereocenters. The van der Waals surface area contributed by atoms with Crippen molar-refractivity contribution in [2.45, 2.75) is 19.8 Å². The van der Waals surface area contributed by atoms with E-state index in [1.54, 1.807) is 6.20 Å². The van der Waals surface area contributed by atoms with Crippen LogP contribution in [0.5, 0.6) is 0 Å². The molecule has 0 N–H and O–H groups in total. The van der Waals surface area contributed by atoms with E-state index in [0.29, 0.717) is 22.6 Å². The Bertz CT molecular complexity index is 491. The highest BCUT2D eigenvalue weighted by Gasteiger charge is 2.10. The van der Waals surface area contributed by atoms with E-state index in [0.717, 1.165) is 17.7 Å². The van der Waals surface area contributed by atoms with Crippen molar-refractivity contribution in [3.8, 4) is 0 Å². The lowest BCUT2D eigenvalue weighted by molar-refractivity contribution is 0.914. The van der Waals surface area contributed by atoms with Crippen LogP contribution in [-0.4, -0.2) is 15.0 Å². The minimum absolute atomic E-state index is 0.429. The van der Waals surface area contributed by atoms with Crippen LogP contribution in [0.1, 0.15) is 24.0 Å². The minimum atomic E-state index is 0.429. The van der Waals surface area contributed by atoms with Gasteiger partial charge in [0.25, 0.3) is 0 Å². The van der Waals surface area contributed by atoms with E-state index in [1.807, 2.05) is 25.1 Å². The predicted octanol–water partition coefficient (Wildman–Crippen LogP) is 3.33. The molecule has 0 amide bonds. The highest BCUT2D eigenvalue weighted by atomic mass is 35.5. The SMILES string of the molecule is CCc1c(Cl)nc(Cc2ccccn2)nc1Cl. The van der Waals surface area contributed by atoms with Crippen LogP contribution < -0.4 is 0 Å². The summed E-state index contributed by atoms with van der Waals surface area (Å²) in [6.45, 7) is 1.97. The van der Waals surface area contributed by atoms with Crippen molar-refractivity contribution in [1.82, 2.24) is 15.0 Å². The molecule has 0 aliphatic rings. The summed E-state index contributed by atoms with van der Waals surface area (Å²) >= 11 is 12.1. The maximum absolute atomic E-state index is 6.05. The molecule has 0 saturated heterocycles. The molecule has 0 radical (unpaired) electrons. The molecule has 3 nitrogen and oxygen atoms in total. The summed E-state index contributed by atoms with van der Waals surface area (Å²) < 4.78 is 0. The molecule has 0 saturated carbocycles. The van der Waals surface area contributed by atoms with Gasteiger partial charge in [-0.3, -0.25) is 4.98 Å². The summed E-state index contributed by atoms with van der Waals surface area (Å²) in [6.07, 6.45) is 2.99. The lowest BCUT2D eigenvalue weighted by atomic mass is 10.2. The molecule has 0 aliphatic heterocycles. The Balaban J connectivity index is 2.29. The smallest absolute Gasteiger partial charge is 0.137 e. The van der Waals surface area contributed by atoms with Crippen LogP contribution >= 0.6 is 23.2 Å². The van der Waals surface area contributed by atoms with Gasteiger partial charge in [-0.15, -0.1) is 0 Å². The topological polar surface area (TPSA) is 38.7 Å². The zero-order valence-electron chi connectivity index (χ0n) is 9.32. The zero-order valence-corrected chi connectivity index (χ0v) is 10.8. The third-order valence-corrected chi connectivity index (χ3v) is 3.00. The molecule has 5 heteroatoms. The standard InChI is InChI=1S/C12H11Cl2N3/c1-2-9-11(13)16-10(17-12(9)14)7-8-5-3-4-6-15-8/h3-6H,2,7H2,1H3. The van der Waals surface area contributed by atoms with E-state index in [1.165, 1.54) is 0 Å². The second kappa shape index (κ2) is 5.43. The molecule has 0 aliphatic carbocycles. The molecule has 2 heterocycles. The summed E-state index contributed by atoms with van der Waals surface area (Å²) in [5.74, 6) is 0.593. The first-order chi connectivity index (χ1) is 8.20. The van der Waals surface area contributed by atoms with Gasteiger partial charge in [-0.05, 0) is 18.6 Å². The van der Waals surface area contributed by atoms with Crippen molar-refractivity contribution < 1.29 is 0 Å². The van der Waals surface area contributed by atoms with Gasteiger partial charge in [0, 0.05) is 17.5 Å². The molecule has 2 rings (SSSR count). The van der Waals surface area contributed by atoms with Crippen molar-refractivity contribution in [2.24, 2.45) is 0 Å². The third-order valence-electron chi connectivity index (χ3n) is 2.37. The average Bonchev–Trinajstić information content (AvgIpc) is 2.30. The summed E-state index contributed by atoms with van der Waals surface area (Å²) in [7, 11) is 0. The second-order valence-electron chi connectivity index (χ2n) is 3.55. The third kappa shape index (κ3) is 2.93. The minimum Gasteiger partial charge on any atom is -0.261 e. The first kappa shape index (κ1) is 12.3. The van der Waals surface area contributed by atoms with Crippen LogP contribution in [0.25, 0.3) is 0 Å². The Kier molecular flexibility index (Phi) is 3.92. The summed E-state index contributed by atoms with van der Waals surface area (Å²) in [5, 5.41) is 0.858. The molecule has 0 atom stereocenters. The predicted molar refractivity (Wildman–Crippen MR) is 68.5 cm³/mol. The van der Waals surface area contributed by atoms with Gasteiger partial charge in [-0.25, -0.2) is 9.97 Å². The van der Waals surface area contributed by atoms with Gasteiger partial charge in [-0.2, -0.15) is 0 Å². The van der Waals surface area contributed by atoms with Crippen LogP contribution in [-0.2, 0) is 12.8 Å². The Labute approximate surface area is 110 Å². The van der Waals surface area contributed by atoms with Crippen LogP contribution in [0.2, 0.25) is 10.3 Å². The Morgan fingerprint density at radius 1 is 1.12 bits per heavy atom. The van der Waals surface area contributed by atoms with Crippen LogP contribution in [0, 0.1) is 0 Å². The van der Waals surface area contributed by atoms with Gasteiger partial charge >= 0.3 is 0 Å². The fourth-order valence-electron chi connectivity index (χ4n) is 1.51. The quantitative estimate of drug-likeness (QED) is 0.801. The van der Waals surface area contributed by atoms with Gasteiger partial charge in [0.05, 0.1) is 6.42 Å². The molecule has 0 fully saturated rings. The van der Waals surface area contributed by atoms with Crippen molar-refractivity contribution in [3.05, 3.63) is 51.8 Å². The molecule has 0 spiro atoms. The Morgan fingerprint density at radius 2 is 1.82 bits per heavy atom. The van der Waals surface area contributed by atoms with Crippen molar-refractivity contribution in [2.75, 3.05) is 0 Å². The Hall–Kier alpha value is -1.19. The molecule has 17 heavy (non-hydrogen) atoms. The monoisotopic (exact) mass is 267 g/mol. The van der Waals surface area contributed by atoms with Gasteiger partial charge < -0.3 is 0 Å². The lowest BCUT2D eigenvalue weighted by Gasteiger charge is -2.05. The normalized spacial score (nSPS) is 10.5. The number of rotatable bonds is 3. The van der Waals surface area contributed by atoms with E-state index in [2.05, 4.69) is 15.0 Å². The van der Waals surface area contributed by atoms with Crippen molar-refractivity contribution in [3.63, 3.8) is 0 Å². The highest BCUT2D eigenvalue weighted by Crippen LogP contribution is 2.22. The van der Waals surface area contributed by atoms with Gasteiger partial charge in [-0.1, -0.05) is 36.2 Å². The number of nitrogens with zero attached hydrogens (tertiary/aromatic N) is 3. The number of hydrogen-bond donors (Lipinski definition) is 0. The van der Waals surface area contributed by atoms with Crippen LogP contribution in [0.3, 0.4) is 0 Å². The van der Waals surface area contributed by atoms with Gasteiger partial charge in [0.15, 0.2) is 0 Å². The maximum atomic E-state index is 6.05. The molecular weight excluding hydrogens is 257 g/mol. The van der Waals surface area contributed by atoms with Gasteiger partial charge in [0.1, 0.15) is 16.1 Å². The van der Waals surface area contributed by atoms with Crippen LogP contribution in [0.4, 0.5) is 0 Å². The fourth-order valence-corrected chi connectivity index (χ4v) is 2.20. The maximum Gasteiger partial charge on any atom is 0.137 e. The molecule has 2 aromatic heterocycles. The Morgan fingerprint density at radius 3 is 2.35 bits per heavy atom. The molecule has 0 aromatic carbocycles. The first-order valence-corrected chi connectivity index (χ1v) is 6.07. The molecule has 88 valence electrons. The van der Waals surface area contributed by atoms with E-state index < -0.39 is 0 Å². The summed E-state index contributed by atoms with van der Waals surface area (Å²) in [4.78, 5) is 12.7. The summed E-state index contributed by atoms with van der Waals surface area (Å²) in [5.41, 5.74) is 1.68. The number of aromatic nitrogens is 3. The van der Waals surface area contributed by atoms with Gasteiger partial charge in [0.2, 0.25) is 0 Å². The first-order valence-electron chi connectivity index (χ1n) is 5.31.